The Hall–Kier alpha value is -7.43. The molecule has 9 unspecified atom stereocenters. The number of aromatic hydroxyl groups is 1. The molecule has 0 saturated carbocycles. The molecule has 13 N–H and O–H groups in total. The van der Waals surface area contributed by atoms with Gasteiger partial charge in [-0.25, -0.2) is 4.79 Å². The first kappa shape index (κ1) is 53.2. The summed E-state index contributed by atoms with van der Waals surface area (Å²) in [6, 6.07) is 11.9. The highest BCUT2D eigenvalue weighted by Gasteiger charge is 2.41. The van der Waals surface area contributed by atoms with Crippen LogP contribution in [0, 0.1) is 0 Å². The molecule has 0 spiro atoms. The first-order chi connectivity index (χ1) is 32.3. The number of nitrogens with one attached hydrogen (secondary N) is 6. The minimum absolute atomic E-state index is 0.0246. The highest BCUT2D eigenvalue weighted by molar-refractivity contribution is 5.99. The van der Waals surface area contributed by atoms with E-state index in [1.165, 1.54) is 24.3 Å². The van der Waals surface area contributed by atoms with E-state index in [-0.39, 0.29) is 44.4 Å². The predicted molar refractivity (Wildman–Crippen MR) is 241 cm³/mol. The van der Waals surface area contributed by atoms with Crippen molar-refractivity contribution in [3.63, 3.8) is 0 Å². The number of carboxylic acid groups (broad SMARTS) is 2. The SMILES string of the molecule is CC(O)C(NC(=O)C1CCCN1C(=O)C(CC(=O)O)NC(=O)C(NC(=O)C(Cc1ccc(O)cc1)NC(=O)C(Cc1ccccc1)NC(=O)C(Cc1ccccc1)NC(=O)CN)C(C)O)C(=O)O. The van der Waals surface area contributed by atoms with Gasteiger partial charge in [-0.15, -0.1) is 0 Å². The van der Waals surface area contributed by atoms with E-state index in [1.807, 2.05) is 0 Å². The first-order valence-electron chi connectivity index (χ1n) is 21.8. The Labute approximate surface area is 391 Å². The molecular formula is C46H58N8O14. The quantitative estimate of drug-likeness (QED) is 0.0446. The number of nitrogens with zero attached hydrogens (tertiary/aromatic N) is 1. The number of phenols is 1. The molecule has 0 bridgehead atoms. The highest BCUT2D eigenvalue weighted by Crippen LogP contribution is 2.20. The molecule has 0 aromatic heterocycles. The van der Waals surface area contributed by atoms with Crippen LogP contribution >= 0.6 is 0 Å². The van der Waals surface area contributed by atoms with Crippen molar-refractivity contribution in [2.75, 3.05) is 13.1 Å². The topological polar surface area (TPSA) is 356 Å². The van der Waals surface area contributed by atoms with E-state index in [1.54, 1.807) is 60.7 Å². The van der Waals surface area contributed by atoms with Crippen LogP contribution in [0.15, 0.2) is 84.9 Å². The van der Waals surface area contributed by atoms with Crippen LogP contribution in [0.25, 0.3) is 0 Å². The van der Waals surface area contributed by atoms with Crippen LogP contribution in [0.1, 0.15) is 49.8 Å². The van der Waals surface area contributed by atoms with Crippen LogP contribution in [-0.4, -0.2) is 151 Å². The molecule has 7 amide bonds. The van der Waals surface area contributed by atoms with Crippen molar-refractivity contribution >= 4 is 53.3 Å². The summed E-state index contributed by atoms with van der Waals surface area (Å²) in [5.41, 5.74) is 7.22. The minimum Gasteiger partial charge on any atom is -0.508 e. The van der Waals surface area contributed by atoms with Gasteiger partial charge in [-0.3, -0.25) is 38.4 Å². The van der Waals surface area contributed by atoms with Gasteiger partial charge in [-0.2, -0.15) is 0 Å². The van der Waals surface area contributed by atoms with Gasteiger partial charge < -0.3 is 68.1 Å². The molecule has 366 valence electrons. The van der Waals surface area contributed by atoms with Gasteiger partial charge >= 0.3 is 11.9 Å². The van der Waals surface area contributed by atoms with Crippen molar-refractivity contribution < 1.29 is 68.7 Å². The molecule has 1 saturated heterocycles. The maximum absolute atomic E-state index is 14.4. The number of aliphatic hydroxyl groups excluding tert-OH is 2. The summed E-state index contributed by atoms with van der Waals surface area (Å²) >= 11 is 0. The minimum atomic E-state index is -1.89. The second-order valence-corrected chi connectivity index (χ2v) is 16.3. The number of nitrogens with two attached hydrogens (primary N) is 1. The van der Waals surface area contributed by atoms with Gasteiger partial charge in [0.15, 0.2) is 6.04 Å². The largest absolute Gasteiger partial charge is 0.508 e. The number of phenolic OH excluding ortho intramolecular Hbond substituents is 1. The van der Waals surface area contributed by atoms with Gasteiger partial charge in [-0.05, 0) is 55.5 Å². The average molecular weight is 947 g/mol. The maximum atomic E-state index is 14.4. The molecule has 1 heterocycles. The molecule has 4 rings (SSSR count). The summed E-state index contributed by atoms with van der Waals surface area (Å²) in [4.78, 5) is 120. The lowest BCUT2D eigenvalue weighted by Crippen LogP contribution is -2.62. The van der Waals surface area contributed by atoms with E-state index in [9.17, 15) is 68.7 Å². The van der Waals surface area contributed by atoms with Gasteiger partial charge in [0, 0.05) is 25.8 Å². The van der Waals surface area contributed by atoms with Crippen molar-refractivity contribution in [2.45, 2.75) is 107 Å². The maximum Gasteiger partial charge on any atom is 0.328 e. The van der Waals surface area contributed by atoms with Gasteiger partial charge in [0.1, 0.15) is 42.0 Å². The second-order valence-electron chi connectivity index (χ2n) is 16.3. The zero-order valence-electron chi connectivity index (χ0n) is 37.4. The summed E-state index contributed by atoms with van der Waals surface area (Å²) in [5, 5.41) is 64.4. The Morgan fingerprint density at radius 3 is 1.51 bits per heavy atom. The van der Waals surface area contributed by atoms with Gasteiger partial charge in [-0.1, -0.05) is 72.8 Å². The van der Waals surface area contributed by atoms with Crippen LogP contribution in [0.3, 0.4) is 0 Å². The second kappa shape index (κ2) is 25.5. The third-order valence-corrected chi connectivity index (χ3v) is 11.0. The lowest BCUT2D eigenvalue weighted by Gasteiger charge is -2.31. The zero-order chi connectivity index (χ0) is 50.1. The number of carboxylic acids is 2. The molecule has 1 aliphatic heterocycles. The van der Waals surface area contributed by atoms with E-state index in [4.69, 9.17) is 5.73 Å². The number of benzene rings is 3. The van der Waals surface area contributed by atoms with Crippen molar-refractivity contribution in [1.29, 1.82) is 0 Å². The van der Waals surface area contributed by atoms with Crippen LogP contribution in [0.5, 0.6) is 5.75 Å². The molecular weight excluding hydrogens is 889 g/mol. The molecule has 0 radical (unpaired) electrons. The molecule has 1 fully saturated rings. The molecule has 3 aromatic carbocycles. The molecule has 9 atom stereocenters. The lowest BCUT2D eigenvalue weighted by atomic mass is 10.0. The molecule has 0 aliphatic carbocycles. The number of aliphatic carboxylic acids is 2. The standard InChI is InChI=1S/C46H58N8O14/c1-25(55)38(44(65)51-34(23-37(59)60)45(66)54-19-9-14-35(54)43(64)53-39(26(2)56)46(67)68)52-42(63)33(22-29-15-17-30(57)18-16-29)50-41(62)32(21-28-12-7-4-8-13-28)49-40(61)31(48-36(58)24-47)20-27-10-5-3-6-11-27/h3-8,10-13,15-18,25-26,31-35,38-39,55-57H,9,14,19-24,47H2,1-2H3,(H,48,58)(H,49,61)(H,50,62)(H,51,65)(H,52,63)(H,53,64)(H,59,60)(H,67,68). The molecule has 1 aliphatic rings. The molecule has 22 nitrogen and oxygen atoms in total. The van der Waals surface area contributed by atoms with Crippen LogP contribution in [-0.2, 0) is 62.4 Å². The third kappa shape index (κ3) is 15.9. The molecule has 22 heteroatoms. The molecule has 3 aromatic rings. The van der Waals surface area contributed by atoms with E-state index in [2.05, 4.69) is 31.9 Å². The van der Waals surface area contributed by atoms with Crippen LogP contribution in [0.2, 0.25) is 0 Å². The number of hydrogen-bond acceptors (Lipinski definition) is 13. The Kier molecular flexibility index (Phi) is 19.9. The monoisotopic (exact) mass is 946 g/mol. The van der Waals surface area contributed by atoms with Gasteiger partial charge in [0.2, 0.25) is 41.4 Å². The summed E-state index contributed by atoms with van der Waals surface area (Å²) in [5.74, 6) is -9.78. The van der Waals surface area contributed by atoms with E-state index in [0.717, 1.165) is 18.7 Å². The zero-order valence-corrected chi connectivity index (χ0v) is 37.4. The summed E-state index contributed by atoms with van der Waals surface area (Å²) in [6.45, 7) is 1.74. The number of hydrogen-bond donors (Lipinski definition) is 12. The van der Waals surface area contributed by atoms with Crippen molar-refractivity contribution in [2.24, 2.45) is 5.73 Å². The van der Waals surface area contributed by atoms with Gasteiger partial charge in [0.05, 0.1) is 25.2 Å². The highest BCUT2D eigenvalue weighted by atomic mass is 16.4. The Balaban J connectivity index is 1.61. The fourth-order valence-corrected chi connectivity index (χ4v) is 7.43. The fourth-order valence-electron chi connectivity index (χ4n) is 7.43. The number of rotatable bonds is 24. The normalized spacial score (nSPS) is 16.8. The first-order valence-corrected chi connectivity index (χ1v) is 21.8. The van der Waals surface area contributed by atoms with Crippen molar-refractivity contribution in [1.82, 2.24) is 36.8 Å². The lowest BCUT2D eigenvalue weighted by molar-refractivity contribution is -0.148. The average Bonchev–Trinajstić information content (AvgIpc) is 3.80. The number of amides is 7. The van der Waals surface area contributed by atoms with Gasteiger partial charge in [0.25, 0.3) is 0 Å². The Morgan fingerprint density at radius 1 is 0.603 bits per heavy atom. The van der Waals surface area contributed by atoms with Crippen molar-refractivity contribution in [3.05, 3.63) is 102 Å². The number of carbonyl (C=O) groups is 9. The van der Waals surface area contributed by atoms with Crippen LogP contribution in [0.4, 0.5) is 0 Å². The molecule has 68 heavy (non-hydrogen) atoms. The van der Waals surface area contributed by atoms with E-state index >= 15 is 0 Å². The van der Waals surface area contributed by atoms with Crippen molar-refractivity contribution in [3.8, 4) is 5.75 Å². The van der Waals surface area contributed by atoms with Crippen LogP contribution < -0.4 is 37.6 Å². The predicted octanol–water partition coefficient (Wildman–Crippen LogP) is -2.40. The summed E-state index contributed by atoms with van der Waals surface area (Å²) in [7, 11) is 0. The Bertz CT molecular complexity index is 2250. The number of likely N-dealkylation sites (tertiary alicyclic amines) is 1. The third-order valence-electron chi connectivity index (χ3n) is 11.0. The van der Waals surface area contributed by atoms with E-state index in [0.29, 0.717) is 16.7 Å². The Morgan fingerprint density at radius 2 is 1.06 bits per heavy atom. The summed E-state index contributed by atoms with van der Waals surface area (Å²) in [6.07, 6.45) is -4.33. The van der Waals surface area contributed by atoms with E-state index < -0.39 is 121 Å². The number of aliphatic hydroxyl groups is 2. The number of carbonyl (C=O) groups excluding carboxylic acids is 7. The fraction of sp³-hybridized carbons (Fsp3) is 0.413. The smallest absolute Gasteiger partial charge is 0.328 e. The summed E-state index contributed by atoms with van der Waals surface area (Å²) < 4.78 is 0.